The Bertz CT molecular complexity index is 679. The quantitative estimate of drug-likeness (QED) is 0.848. The van der Waals surface area contributed by atoms with Gasteiger partial charge in [-0.05, 0) is 57.7 Å². The lowest BCUT2D eigenvalue weighted by atomic mass is 10.1. The number of alkyl carbamates (subject to hydrolysis) is 1. The molecule has 0 unspecified atom stereocenters. The second-order valence-electron chi connectivity index (χ2n) is 8.36. The summed E-state index contributed by atoms with van der Waals surface area (Å²) in [5.74, 6) is 0.0174. The van der Waals surface area contributed by atoms with Crippen molar-refractivity contribution in [1.82, 2.24) is 15.5 Å². The van der Waals surface area contributed by atoms with Crippen molar-refractivity contribution in [3.63, 3.8) is 0 Å². The molecule has 0 radical (unpaired) electrons. The number of piperidine rings is 1. The van der Waals surface area contributed by atoms with Crippen LogP contribution in [0.1, 0.15) is 51.5 Å². The highest BCUT2D eigenvalue weighted by atomic mass is 19.1. The van der Waals surface area contributed by atoms with Crippen molar-refractivity contribution in [2.75, 3.05) is 13.1 Å². The molecule has 3 amide bonds. The van der Waals surface area contributed by atoms with Gasteiger partial charge in [-0.15, -0.1) is 0 Å². The van der Waals surface area contributed by atoms with Crippen LogP contribution in [0.2, 0.25) is 0 Å². The third-order valence-electron chi connectivity index (χ3n) is 4.90. The first-order chi connectivity index (χ1) is 12.7. The Morgan fingerprint density at radius 1 is 1.11 bits per heavy atom. The minimum Gasteiger partial charge on any atom is -0.444 e. The number of likely N-dealkylation sites (tertiary alicyclic amines) is 1. The SMILES string of the molecule is CC(C)(C)OC(=O)NC1CCN(C(=O)N[C@H]2C[C@H]2c2ccc(F)cc2)CC1. The predicted molar refractivity (Wildman–Crippen MR) is 100 cm³/mol. The summed E-state index contributed by atoms with van der Waals surface area (Å²) in [5, 5.41) is 5.93. The maximum Gasteiger partial charge on any atom is 0.407 e. The van der Waals surface area contributed by atoms with Crippen molar-refractivity contribution in [3.8, 4) is 0 Å². The van der Waals surface area contributed by atoms with Crippen molar-refractivity contribution < 1.29 is 18.7 Å². The number of rotatable bonds is 3. The van der Waals surface area contributed by atoms with E-state index >= 15 is 0 Å². The van der Waals surface area contributed by atoms with Crippen LogP contribution in [-0.4, -0.2) is 47.8 Å². The van der Waals surface area contributed by atoms with Gasteiger partial charge in [-0.1, -0.05) is 12.1 Å². The maximum atomic E-state index is 13.0. The number of carbonyl (C=O) groups excluding carboxylic acids is 2. The summed E-state index contributed by atoms with van der Waals surface area (Å²) in [5.41, 5.74) is 0.540. The van der Waals surface area contributed by atoms with E-state index in [1.54, 1.807) is 17.0 Å². The van der Waals surface area contributed by atoms with Gasteiger partial charge >= 0.3 is 12.1 Å². The number of carbonyl (C=O) groups is 2. The van der Waals surface area contributed by atoms with Gasteiger partial charge < -0.3 is 20.3 Å². The van der Waals surface area contributed by atoms with Crippen molar-refractivity contribution >= 4 is 12.1 Å². The van der Waals surface area contributed by atoms with E-state index in [-0.39, 0.29) is 29.8 Å². The van der Waals surface area contributed by atoms with Gasteiger partial charge in [0.25, 0.3) is 0 Å². The molecule has 1 saturated heterocycles. The highest BCUT2D eigenvalue weighted by Crippen LogP contribution is 2.40. The molecule has 27 heavy (non-hydrogen) atoms. The molecule has 1 saturated carbocycles. The summed E-state index contributed by atoms with van der Waals surface area (Å²) in [4.78, 5) is 26.1. The number of nitrogens with zero attached hydrogens (tertiary/aromatic N) is 1. The predicted octanol–water partition coefficient (Wildman–Crippen LogP) is 3.38. The Labute approximate surface area is 159 Å². The normalized spacial score (nSPS) is 22.9. The zero-order valence-corrected chi connectivity index (χ0v) is 16.1. The molecule has 2 aliphatic rings. The zero-order valence-electron chi connectivity index (χ0n) is 16.1. The Morgan fingerprint density at radius 2 is 1.74 bits per heavy atom. The third kappa shape index (κ3) is 5.58. The average molecular weight is 377 g/mol. The van der Waals surface area contributed by atoms with Crippen LogP contribution in [0.15, 0.2) is 24.3 Å². The first kappa shape index (κ1) is 19.5. The summed E-state index contributed by atoms with van der Waals surface area (Å²) in [6, 6.07) is 6.53. The molecular formula is C20H28FN3O3. The van der Waals surface area contributed by atoms with Gasteiger partial charge in [-0.25, -0.2) is 14.0 Å². The number of nitrogens with one attached hydrogen (secondary N) is 2. The molecule has 2 N–H and O–H groups in total. The molecule has 2 fully saturated rings. The van der Waals surface area contributed by atoms with Crippen LogP contribution in [0, 0.1) is 5.82 Å². The number of amides is 3. The summed E-state index contributed by atoms with van der Waals surface area (Å²) in [6.45, 7) is 6.68. The Morgan fingerprint density at radius 3 is 2.33 bits per heavy atom. The molecule has 0 aromatic heterocycles. The molecule has 0 spiro atoms. The van der Waals surface area contributed by atoms with E-state index in [0.29, 0.717) is 25.9 Å². The van der Waals surface area contributed by atoms with Crippen LogP contribution in [0.4, 0.5) is 14.0 Å². The summed E-state index contributed by atoms with van der Waals surface area (Å²) < 4.78 is 18.3. The van der Waals surface area contributed by atoms with Crippen LogP contribution in [0.25, 0.3) is 0 Å². The van der Waals surface area contributed by atoms with Crippen LogP contribution < -0.4 is 10.6 Å². The largest absolute Gasteiger partial charge is 0.444 e. The lowest BCUT2D eigenvalue weighted by molar-refractivity contribution is 0.0485. The molecule has 0 bridgehead atoms. The van der Waals surface area contributed by atoms with Gasteiger partial charge in [0, 0.05) is 31.1 Å². The molecule has 3 rings (SSSR count). The zero-order chi connectivity index (χ0) is 19.6. The Kier molecular flexibility index (Phi) is 5.58. The van der Waals surface area contributed by atoms with Crippen molar-refractivity contribution in [2.45, 2.75) is 63.6 Å². The summed E-state index contributed by atoms with van der Waals surface area (Å²) in [7, 11) is 0. The van der Waals surface area contributed by atoms with Gasteiger partial charge in [0.15, 0.2) is 0 Å². The molecule has 6 nitrogen and oxygen atoms in total. The number of benzene rings is 1. The molecular weight excluding hydrogens is 349 g/mol. The fourth-order valence-electron chi connectivity index (χ4n) is 3.38. The van der Waals surface area contributed by atoms with Crippen LogP contribution in [0.5, 0.6) is 0 Å². The van der Waals surface area contributed by atoms with Gasteiger partial charge in [0.1, 0.15) is 11.4 Å². The van der Waals surface area contributed by atoms with Gasteiger partial charge in [-0.2, -0.15) is 0 Å². The van der Waals surface area contributed by atoms with E-state index in [9.17, 15) is 14.0 Å². The van der Waals surface area contributed by atoms with Gasteiger partial charge in [0.2, 0.25) is 0 Å². The molecule has 1 aliphatic heterocycles. The molecule has 1 aromatic carbocycles. The summed E-state index contributed by atoms with van der Waals surface area (Å²) >= 11 is 0. The van der Waals surface area contributed by atoms with Crippen molar-refractivity contribution in [2.24, 2.45) is 0 Å². The van der Waals surface area contributed by atoms with Crippen LogP contribution in [0.3, 0.4) is 0 Å². The maximum absolute atomic E-state index is 13.0. The van der Waals surface area contributed by atoms with E-state index in [1.807, 2.05) is 20.8 Å². The number of hydrogen-bond acceptors (Lipinski definition) is 3. The number of hydrogen-bond donors (Lipinski definition) is 2. The van der Waals surface area contributed by atoms with Crippen molar-refractivity contribution in [1.29, 1.82) is 0 Å². The molecule has 1 aromatic rings. The monoisotopic (exact) mass is 377 g/mol. The van der Waals surface area contributed by atoms with E-state index in [1.165, 1.54) is 12.1 Å². The highest BCUT2D eigenvalue weighted by Gasteiger charge is 2.40. The number of urea groups is 1. The molecule has 1 heterocycles. The minimum atomic E-state index is -0.518. The van der Waals surface area contributed by atoms with E-state index < -0.39 is 11.7 Å². The van der Waals surface area contributed by atoms with E-state index in [0.717, 1.165) is 12.0 Å². The molecule has 1 aliphatic carbocycles. The molecule has 2 atom stereocenters. The summed E-state index contributed by atoms with van der Waals surface area (Å²) in [6.07, 6.45) is 1.89. The third-order valence-corrected chi connectivity index (χ3v) is 4.90. The fraction of sp³-hybridized carbons (Fsp3) is 0.600. The average Bonchev–Trinajstić information content (AvgIpc) is 3.33. The fourth-order valence-corrected chi connectivity index (χ4v) is 3.38. The Hall–Kier alpha value is -2.31. The first-order valence-corrected chi connectivity index (χ1v) is 9.52. The molecule has 148 valence electrons. The second-order valence-corrected chi connectivity index (χ2v) is 8.36. The minimum absolute atomic E-state index is 0.0248. The molecule has 7 heteroatoms. The van der Waals surface area contributed by atoms with Gasteiger partial charge in [0.05, 0.1) is 0 Å². The standard InChI is InChI=1S/C20H28FN3O3/c1-20(2,3)27-19(26)22-15-8-10-24(11-9-15)18(25)23-17-12-16(17)13-4-6-14(21)7-5-13/h4-7,15-17H,8-12H2,1-3H3,(H,22,26)(H,23,25)/t16-,17-/m0/s1. The van der Waals surface area contributed by atoms with E-state index in [4.69, 9.17) is 4.74 Å². The highest BCUT2D eigenvalue weighted by molar-refractivity contribution is 5.75. The van der Waals surface area contributed by atoms with Crippen LogP contribution in [-0.2, 0) is 4.74 Å². The topological polar surface area (TPSA) is 70.7 Å². The van der Waals surface area contributed by atoms with Gasteiger partial charge in [-0.3, -0.25) is 0 Å². The number of halogens is 1. The van der Waals surface area contributed by atoms with Crippen molar-refractivity contribution in [3.05, 3.63) is 35.6 Å². The lowest BCUT2D eigenvalue weighted by Crippen LogP contribution is -2.50. The first-order valence-electron chi connectivity index (χ1n) is 9.52. The van der Waals surface area contributed by atoms with Crippen LogP contribution >= 0.6 is 0 Å². The van der Waals surface area contributed by atoms with E-state index in [2.05, 4.69) is 10.6 Å². The lowest BCUT2D eigenvalue weighted by Gasteiger charge is -2.33. The smallest absolute Gasteiger partial charge is 0.407 e. The Balaban J connectivity index is 1.39. The second kappa shape index (κ2) is 7.74. The number of ether oxygens (including phenoxy) is 1.